The Morgan fingerprint density at radius 1 is 1.33 bits per heavy atom. The maximum absolute atomic E-state index is 12.4. The summed E-state index contributed by atoms with van der Waals surface area (Å²) in [4.78, 5) is 23.5. The van der Waals surface area contributed by atoms with Gasteiger partial charge in [-0.15, -0.1) is 0 Å². The van der Waals surface area contributed by atoms with Crippen molar-refractivity contribution in [1.82, 2.24) is 19.7 Å². The van der Waals surface area contributed by atoms with E-state index in [0.717, 1.165) is 60.1 Å². The van der Waals surface area contributed by atoms with Gasteiger partial charge in [-0.05, 0) is 36.6 Å². The Hall–Kier alpha value is -1.89. The van der Waals surface area contributed by atoms with E-state index in [0.29, 0.717) is 6.54 Å². The van der Waals surface area contributed by atoms with Gasteiger partial charge in [0.1, 0.15) is 0 Å². The molecule has 4 heterocycles. The second-order valence-corrected chi connectivity index (χ2v) is 7.59. The lowest BCUT2D eigenvalue weighted by Gasteiger charge is -2.25. The maximum Gasteiger partial charge on any atom is 0.267 e. The fourth-order valence-corrected chi connectivity index (χ4v) is 4.36. The van der Waals surface area contributed by atoms with E-state index in [1.54, 1.807) is 10.7 Å². The van der Waals surface area contributed by atoms with Gasteiger partial charge >= 0.3 is 0 Å². The average Bonchev–Trinajstić information content (AvgIpc) is 3.04. The summed E-state index contributed by atoms with van der Waals surface area (Å²) in [7, 11) is 0. The van der Waals surface area contributed by atoms with E-state index in [2.05, 4.69) is 20.0 Å². The van der Waals surface area contributed by atoms with Crippen LogP contribution in [0.15, 0.2) is 23.3 Å². The van der Waals surface area contributed by atoms with Gasteiger partial charge in [0.05, 0.1) is 18.3 Å². The van der Waals surface area contributed by atoms with Crippen LogP contribution in [-0.2, 0) is 18.7 Å². The molecule has 0 aliphatic carbocycles. The van der Waals surface area contributed by atoms with Crippen molar-refractivity contribution in [2.75, 3.05) is 17.2 Å². The number of rotatable bonds is 3. The molecule has 2 aromatic heterocycles. The van der Waals surface area contributed by atoms with Crippen LogP contribution >= 0.6 is 11.8 Å². The standard InChI is InChI=1S/C17H21N5OS/c1-12-8-18-17(19-9-12)21-5-2-3-14(21)10-22-16(23)7-13-11-24-6-4-15(13)20-22/h7-9,14H,2-6,10-11H2,1H3. The minimum Gasteiger partial charge on any atom is -0.336 e. The number of anilines is 1. The van der Waals surface area contributed by atoms with E-state index in [1.165, 1.54) is 0 Å². The van der Waals surface area contributed by atoms with E-state index in [-0.39, 0.29) is 11.6 Å². The van der Waals surface area contributed by atoms with Crippen LogP contribution in [0.25, 0.3) is 0 Å². The summed E-state index contributed by atoms with van der Waals surface area (Å²) in [5, 5.41) is 4.64. The highest BCUT2D eigenvalue weighted by Gasteiger charge is 2.28. The molecule has 1 saturated heterocycles. The van der Waals surface area contributed by atoms with Crippen LogP contribution in [0.4, 0.5) is 5.95 Å². The minimum absolute atomic E-state index is 0.00734. The number of hydrogen-bond donors (Lipinski definition) is 0. The van der Waals surface area contributed by atoms with E-state index in [9.17, 15) is 4.79 Å². The van der Waals surface area contributed by atoms with Crippen molar-refractivity contribution in [3.8, 4) is 0 Å². The third kappa shape index (κ3) is 3.05. The highest BCUT2D eigenvalue weighted by molar-refractivity contribution is 7.98. The Morgan fingerprint density at radius 3 is 3.00 bits per heavy atom. The second kappa shape index (κ2) is 6.55. The van der Waals surface area contributed by atoms with Crippen LogP contribution < -0.4 is 10.5 Å². The Balaban J connectivity index is 1.58. The second-order valence-electron chi connectivity index (χ2n) is 6.49. The molecule has 0 amide bonds. The van der Waals surface area contributed by atoms with E-state index in [1.807, 2.05) is 31.1 Å². The molecule has 1 atom stereocenters. The Labute approximate surface area is 145 Å². The SMILES string of the molecule is Cc1cnc(N2CCCC2Cn2nc3c(cc2=O)CSCC3)nc1. The summed E-state index contributed by atoms with van der Waals surface area (Å²) < 4.78 is 1.64. The molecule has 0 saturated carbocycles. The van der Waals surface area contributed by atoms with Gasteiger partial charge in [0.25, 0.3) is 5.56 Å². The normalized spacial score (nSPS) is 20.2. The first-order valence-corrected chi connectivity index (χ1v) is 9.59. The molecule has 2 aliphatic rings. The minimum atomic E-state index is 0.00734. The first kappa shape index (κ1) is 15.6. The largest absolute Gasteiger partial charge is 0.336 e. The van der Waals surface area contributed by atoms with Crippen LogP contribution in [-0.4, -0.2) is 38.1 Å². The molecule has 7 heteroatoms. The van der Waals surface area contributed by atoms with Crippen LogP contribution in [0.2, 0.25) is 0 Å². The van der Waals surface area contributed by atoms with Gasteiger partial charge in [-0.1, -0.05) is 0 Å². The molecule has 2 aromatic rings. The Morgan fingerprint density at radius 2 is 2.17 bits per heavy atom. The molecule has 4 rings (SSSR count). The maximum atomic E-state index is 12.4. The molecule has 0 aromatic carbocycles. The molecular weight excluding hydrogens is 322 g/mol. The van der Waals surface area contributed by atoms with Crippen LogP contribution in [0, 0.1) is 6.92 Å². The van der Waals surface area contributed by atoms with E-state index in [4.69, 9.17) is 0 Å². The van der Waals surface area contributed by atoms with Crippen LogP contribution in [0.5, 0.6) is 0 Å². The smallest absolute Gasteiger partial charge is 0.267 e. The van der Waals surface area contributed by atoms with Gasteiger partial charge in [0.2, 0.25) is 5.95 Å². The highest BCUT2D eigenvalue weighted by Crippen LogP contribution is 2.24. The predicted octanol–water partition coefficient (Wildman–Crippen LogP) is 1.80. The molecule has 6 nitrogen and oxygen atoms in total. The first-order chi connectivity index (χ1) is 11.7. The first-order valence-electron chi connectivity index (χ1n) is 8.43. The highest BCUT2D eigenvalue weighted by atomic mass is 32.2. The molecule has 2 aliphatic heterocycles. The van der Waals surface area contributed by atoms with Gasteiger partial charge in [0, 0.05) is 37.2 Å². The summed E-state index contributed by atoms with van der Waals surface area (Å²) in [6, 6.07) is 2.00. The van der Waals surface area contributed by atoms with E-state index < -0.39 is 0 Å². The summed E-state index contributed by atoms with van der Waals surface area (Å²) >= 11 is 1.87. The Kier molecular flexibility index (Phi) is 4.26. The van der Waals surface area contributed by atoms with Crippen LogP contribution in [0.1, 0.15) is 29.7 Å². The van der Waals surface area contributed by atoms with Crippen molar-refractivity contribution < 1.29 is 0 Å². The van der Waals surface area contributed by atoms with Gasteiger partial charge < -0.3 is 4.90 Å². The predicted molar refractivity (Wildman–Crippen MR) is 95.5 cm³/mol. The van der Waals surface area contributed by atoms with Gasteiger partial charge in [-0.3, -0.25) is 4.79 Å². The average molecular weight is 343 g/mol. The lowest BCUT2D eigenvalue weighted by atomic mass is 10.2. The molecular formula is C17H21N5OS. The molecule has 0 spiro atoms. The lowest BCUT2D eigenvalue weighted by molar-refractivity contribution is 0.478. The Bertz CT molecular complexity index is 789. The summed E-state index contributed by atoms with van der Waals surface area (Å²) in [6.07, 6.45) is 6.78. The fraction of sp³-hybridized carbons (Fsp3) is 0.529. The molecule has 0 N–H and O–H groups in total. The summed E-state index contributed by atoms with van der Waals surface area (Å²) in [5.41, 5.74) is 3.26. The van der Waals surface area contributed by atoms with Crippen molar-refractivity contribution in [2.24, 2.45) is 0 Å². The zero-order valence-electron chi connectivity index (χ0n) is 13.8. The third-order valence-corrected chi connectivity index (χ3v) is 5.70. The number of aromatic nitrogens is 4. The number of hydrogen-bond acceptors (Lipinski definition) is 6. The summed E-state index contributed by atoms with van der Waals surface area (Å²) in [6.45, 7) is 3.53. The van der Waals surface area contributed by atoms with E-state index >= 15 is 0 Å². The van der Waals surface area contributed by atoms with Crippen molar-refractivity contribution in [3.63, 3.8) is 0 Å². The monoisotopic (exact) mass is 343 g/mol. The number of fused-ring (bicyclic) bond motifs is 1. The van der Waals surface area contributed by atoms with Gasteiger partial charge in [-0.2, -0.15) is 16.9 Å². The molecule has 1 fully saturated rings. The molecule has 24 heavy (non-hydrogen) atoms. The zero-order valence-corrected chi connectivity index (χ0v) is 14.6. The lowest BCUT2D eigenvalue weighted by Crippen LogP contribution is -2.38. The number of aryl methyl sites for hydroxylation is 2. The van der Waals surface area contributed by atoms with Crippen molar-refractivity contribution in [1.29, 1.82) is 0 Å². The molecule has 0 radical (unpaired) electrons. The fourth-order valence-electron chi connectivity index (χ4n) is 3.41. The molecule has 0 bridgehead atoms. The third-order valence-electron chi connectivity index (χ3n) is 4.69. The topological polar surface area (TPSA) is 63.9 Å². The number of nitrogens with zero attached hydrogens (tertiary/aromatic N) is 5. The van der Waals surface area contributed by atoms with Gasteiger partial charge in [-0.25, -0.2) is 14.6 Å². The summed E-state index contributed by atoms with van der Waals surface area (Å²) in [5.74, 6) is 2.75. The molecule has 126 valence electrons. The van der Waals surface area contributed by atoms with Crippen molar-refractivity contribution in [3.05, 3.63) is 45.6 Å². The van der Waals surface area contributed by atoms with Gasteiger partial charge in [0.15, 0.2) is 0 Å². The van der Waals surface area contributed by atoms with Crippen molar-refractivity contribution in [2.45, 2.75) is 44.5 Å². The quantitative estimate of drug-likeness (QED) is 0.847. The van der Waals surface area contributed by atoms with Crippen molar-refractivity contribution >= 4 is 17.7 Å². The number of thioether (sulfide) groups is 1. The van der Waals surface area contributed by atoms with Crippen LogP contribution in [0.3, 0.4) is 0 Å². The zero-order chi connectivity index (χ0) is 16.5. The molecule has 1 unspecified atom stereocenters.